The van der Waals surface area contributed by atoms with Crippen molar-refractivity contribution in [2.45, 2.75) is 45.4 Å². The summed E-state index contributed by atoms with van der Waals surface area (Å²) in [6, 6.07) is 23.1. The van der Waals surface area contributed by atoms with Crippen LogP contribution in [-0.2, 0) is 13.1 Å². The van der Waals surface area contributed by atoms with Crippen LogP contribution in [0.15, 0.2) is 123 Å². The highest BCUT2D eigenvalue weighted by Crippen LogP contribution is 2.40. The molecule has 0 saturated heterocycles. The zero-order valence-corrected chi connectivity index (χ0v) is 42.6. The normalized spacial score (nSPS) is 11.3. The Morgan fingerprint density at radius 2 is 1.17 bits per heavy atom. The standard InChI is InChI=1S/C30H22ClFN4O4S.C24H13ClF2N4O2S/c1-30(2,39)8-7-17-5-6-18-15-34-16-24(19(18)11-17)36-28(37)27-23(35(29(36)38)10-4-9-33)14-26(41-27)20-12-25(40-3)22(32)13-21(20)31;25-18-9-15(27)4-5-16(18)21-10-19-22(34-21)23(32)31(24(33)30(19)7-1-6-28)20-12-29-11-13-2-3-14(26)8-17(13)20/h5-6,11-16,39H,4,10H2,1-3H3;2-5,8-12H,1,7H2. The summed E-state index contributed by atoms with van der Waals surface area (Å²) in [5.74, 6) is 4.00. The number of pyridine rings is 2. The first-order valence-electron chi connectivity index (χ1n) is 22.4. The number of fused-ring (bicyclic) bond motifs is 4. The van der Waals surface area contributed by atoms with Gasteiger partial charge in [0.05, 0.1) is 76.9 Å². The number of ether oxygens (including phenoxy) is 1. The molecule has 0 aliphatic heterocycles. The summed E-state index contributed by atoms with van der Waals surface area (Å²) in [7, 11) is 1.33. The summed E-state index contributed by atoms with van der Waals surface area (Å²) in [4.78, 5) is 64.4. The van der Waals surface area contributed by atoms with Gasteiger partial charge in [-0.25, -0.2) is 31.9 Å². The molecule has 0 saturated carbocycles. The summed E-state index contributed by atoms with van der Waals surface area (Å²) in [6.45, 7) is 3.20. The number of nitriles is 2. The van der Waals surface area contributed by atoms with Crippen molar-refractivity contribution in [1.82, 2.24) is 28.2 Å². The maximum atomic E-state index is 14.2. The summed E-state index contributed by atoms with van der Waals surface area (Å²) in [5, 5.41) is 30.8. The molecule has 0 bridgehead atoms. The average Bonchev–Trinajstić information content (AvgIpc) is 4.04. The van der Waals surface area contributed by atoms with E-state index in [1.165, 1.54) is 77.3 Å². The Bertz CT molecular complexity index is 4400. The van der Waals surface area contributed by atoms with E-state index in [0.717, 1.165) is 37.9 Å². The first-order valence-corrected chi connectivity index (χ1v) is 24.8. The highest BCUT2D eigenvalue weighted by molar-refractivity contribution is 7.22. The Hall–Kier alpha value is -8.35. The van der Waals surface area contributed by atoms with Crippen LogP contribution in [0.3, 0.4) is 0 Å². The topological polar surface area (TPSA) is 191 Å². The smallest absolute Gasteiger partial charge is 0.336 e. The maximum absolute atomic E-state index is 14.2. The van der Waals surface area contributed by atoms with Gasteiger partial charge in [-0.1, -0.05) is 41.1 Å². The van der Waals surface area contributed by atoms with Crippen molar-refractivity contribution in [3.63, 3.8) is 0 Å². The van der Waals surface area contributed by atoms with Crippen LogP contribution >= 0.6 is 45.9 Å². The van der Waals surface area contributed by atoms with Crippen molar-refractivity contribution in [2.24, 2.45) is 0 Å². The van der Waals surface area contributed by atoms with E-state index in [4.69, 9.17) is 33.2 Å². The highest BCUT2D eigenvalue weighted by Gasteiger charge is 2.24. The van der Waals surface area contributed by atoms with Crippen LogP contribution in [0, 0.1) is 52.0 Å². The second-order valence-corrected chi connectivity index (χ2v) is 20.1. The van der Waals surface area contributed by atoms with Crippen LogP contribution in [-0.4, -0.2) is 46.1 Å². The third-order valence-corrected chi connectivity index (χ3v) is 14.6. The molecule has 0 fully saturated rings. The van der Waals surface area contributed by atoms with Crippen molar-refractivity contribution < 1.29 is 23.0 Å². The minimum absolute atomic E-state index is 0.0218. The Morgan fingerprint density at radius 1 is 0.667 bits per heavy atom. The molecule has 0 atom stereocenters. The van der Waals surface area contributed by atoms with Crippen LogP contribution in [0.25, 0.3) is 74.2 Å². The van der Waals surface area contributed by atoms with Gasteiger partial charge in [-0.2, -0.15) is 10.5 Å². The summed E-state index contributed by atoms with van der Waals surface area (Å²) < 4.78 is 52.0. The van der Waals surface area contributed by atoms with E-state index in [1.54, 1.807) is 50.4 Å². The number of hydrogen-bond acceptors (Lipinski definition) is 12. The van der Waals surface area contributed by atoms with Gasteiger partial charge in [0, 0.05) is 73.5 Å². The molecule has 0 amide bonds. The van der Waals surface area contributed by atoms with Gasteiger partial charge < -0.3 is 9.84 Å². The molecule has 374 valence electrons. The second-order valence-electron chi connectivity index (χ2n) is 17.1. The van der Waals surface area contributed by atoms with E-state index < -0.39 is 45.6 Å². The fourth-order valence-corrected chi connectivity index (χ4v) is 11.1. The quantitative estimate of drug-likeness (QED) is 0.136. The van der Waals surface area contributed by atoms with Gasteiger partial charge in [-0.15, -0.1) is 22.7 Å². The summed E-state index contributed by atoms with van der Waals surface area (Å²) in [5.41, 5.74) is -1.18. The van der Waals surface area contributed by atoms with Gasteiger partial charge in [-0.3, -0.25) is 28.7 Å². The molecule has 0 unspecified atom stereocenters. The van der Waals surface area contributed by atoms with Crippen LogP contribution in [0.2, 0.25) is 10.0 Å². The fraction of sp³-hybridized carbons (Fsp3) is 0.148. The van der Waals surface area contributed by atoms with E-state index in [1.807, 2.05) is 12.1 Å². The molecule has 6 heterocycles. The number of thiophene rings is 2. The SMILES string of the molecule is COc1cc(-c2cc3c(s2)c(=O)n(-c2cncc4ccc(C#CC(C)(C)O)cc24)c(=O)n3CCC#N)c(Cl)cc1F.N#CCCn1c(=O)n(-c2cncc3ccc(F)cc23)c(=O)c2sc(-c3ccc(F)cc3Cl)cc21. The lowest BCUT2D eigenvalue weighted by atomic mass is 10.1. The number of methoxy groups -OCH3 is 1. The Labute approximate surface area is 440 Å². The molecule has 21 heteroatoms. The lowest BCUT2D eigenvalue weighted by Gasteiger charge is -2.13. The largest absolute Gasteiger partial charge is 0.494 e. The number of benzene rings is 4. The minimum atomic E-state index is -1.21. The maximum Gasteiger partial charge on any atom is 0.336 e. The van der Waals surface area contributed by atoms with Crippen LogP contribution in [0.5, 0.6) is 5.75 Å². The molecule has 0 radical (unpaired) electrons. The Balaban J connectivity index is 0.000000187. The molecule has 1 N–H and O–H groups in total. The second kappa shape index (κ2) is 20.9. The molecular formula is C54H35Cl2F3N8O6S2. The molecule has 0 spiro atoms. The number of aromatic nitrogens is 6. The number of aliphatic hydroxyl groups is 1. The first-order chi connectivity index (χ1) is 35.9. The van der Waals surface area contributed by atoms with E-state index >= 15 is 0 Å². The van der Waals surface area contributed by atoms with Crippen molar-refractivity contribution >= 4 is 87.9 Å². The fourth-order valence-electron chi connectivity index (χ4n) is 8.23. The number of nitrogens with zero attached hydrogens (tertiary/aromatic N) is 8. The first kappa shape index (κ1) is 51.5. The lowest BCUT2D eigenvalue weighted by molar-refractivity contribution is 0.143. The number of aryl methyl sites for hydroxylation is 2. The highest BCUT2D eigenvalue weighted by atomic mass is 35.5. The van der Waals surface area contributed by atoms with Crippen LogP contribution < -0.4 is 27.2 Å². The predicted octanol–water partition coefficient (Wildman–Crippen LogP) is 10.5. The van der Waals surface area contributed by atoms with Gasteiger partial charge in [0.1, 0.15) is 26.6 Å². The molecule has 0 aliphatic rings. The van der Waals surface area contributed by atoms with Gasteiger partial charge >= 0.3 is 11.4 Å². The van der Waals surface area contributed by atoms with Crippen molar-refractivity contribution in [3.8, 4) is 62.0 Å². The predicted molar refractivity (Wildman–Crippen MR) is 285 cm³/mol. The lowest BCUT2D eigenvalue weighted by Crippen LogP contribution is -2.38. The van der Waals surface area contributed by atoms with E-state index in [-0.39, 0.29) is 62.5 Å². The Morgan fingerprint density at radius 3 is 1.71 bits per heavy atom. The molecule has 4 aromatic carbocycles. The summed E-state index contributed by atoms with van der Waals surface area (Å²) in [6.07, 6.45) is 5.92. The minimum Gasteiger partial charge on any atom is -0.494 e. The zero-order chi connectivity index (χ0) is 53.5. The monoisotopic (exact) mass is 1080 g/mol. The third kappa shape index (κ3) is 10.1. The average molecular weight is 1080 g/mol. The van der Waals surface area contributed by atoms with Crippen LogP contribution in [0.4, 0.5) is 13.2 Å². The molecule has 10 rings (SSSR count). The van der Waals surface area contributed by atoms with E-state index in [0.29, 0.717) is 59.0 Å². The molecule has 75 heavy (non-hydrogen) atoms. The van der Waals surface area contributed by atoms with Gasteiger partial charge in [0.25, 0.3) is 11.1 Å². The molecular weight excluding hydrogens is 1050 g/mol. The van der Waals surface area contributed by atoms with Gasteiger partial charge in [-0.05, 0) is 86.6 Å². The van der Waals surface area contributed by atoms with Gasteiger partial charge in [0.15, 0.2) is 11.6 Å². The number of rotatable bonds is 9. The number of hydrogen-bond donors (Lipinski definition) is 1. The van der Waals surface area contributed by atoms with Crippen molar-refractivity contribution in [1.29, 1.82) is 10.5 Å². The van der Waals surface area contributed by atoms with Crippen molar-refractivity contribution in [3.05, 3.63) is 178 Å². The number of halogens is 5. The molecule has 6 aromatic heterocycles. The third-order valence-electron chi connectivity index (χ3n) is 11.7. The Kier molecular flexibility index (Phi) is 14.3. The summed E-state index contributed by atoms with van der Waals surface area (Å²) >= 11 is 14.8. The molecule has 0 aliphatic carbocycles. The van der Waals surface area contributed by atoms with Gasteiger partial charge in [0.2, 0.25) is 0 Å². The van der Waals surface area contributed by atoms with Crippen LogP contribution in [0.1, 0.15) is 32.3 Å². The van der Waals surface area contributed by atoms with Crippen molar-refractivity contribution in [2.75, 3.05) is 7.11 Å². The molecule has 14 nitrogen and oxygen atoms in total. The molecule has 10 aromatic rings. The van der Waals surface area contributed by atoms with E-state index in [9.17, 15) is 42.7 Å². The van der Waals surface area contributed by atoms with E-state index in [2.05, 4.69) is 21.8 Å². The zero-order valence-electron chi connectivity index (χ0n) is 39.4.